The van der Waals surface area contributed by atoms with Gasteiger partial charge in [-0.3, -0.25) is 0 Å². The highest BCUT2D eigenvalue weighted by Crippen LogP contribution is 2.56. The van der Waals surface area contributed by atoms with Crippen molar-refractivity contribution in [2.75, 3.05) is 0 Å². The number of hydrogen-bond acceptors (Lipinski definition) is 1. The van der Waals surface area contributed by atoms with Crippen molar-refractivity contribution in [2.45, 2.75) is 5.41 Å². The minimum Gasteiger partial charge on any atom is -0.248 e. The monoisotopic (exact) mass is 699 g/mol. The van der Waals surface area contributed by atoms with E-state index >= 15 is 0 Å². The van der Waals surface area contributed by atoms with Gasteiger partial charge in [0.25, 0.3) is 0 Å². The number of aromatic nitrogens is 1. The van der Waals surface area contributed by atoms with Gasteiger partial charge >= 0.3 is 0 Å². The lowest BCUT2D eigenvalue weighted by Gasteiger charge is -2.34. The highest BCUT2D eigenvalue weighted by molar-refractivity contribution is 5.88. The normalized spacial score (nSPS) is 12.5. The van der Waals surface area contributed by atoms with Crippen LogP contribution in [0, 0.1) is 0 Å². The van der Waals surface area contributed by atoms with Crippen LogP contribution in [-0.4, -0.2) is 4.98 Å². The van der Waals surface area contributed by atoms with Gasteiger partial charge in [0.2, 0.25) is 0 Å². The molecule has 0 atom stereocenters. The highest BCUT2D eigenvalue weighted by atomic mass is 14.7. The molecule has 258 valence electrons. The third kappa shape index (κ3) is 5.69. The molecular formula is C54H37N. The molecule has 1 nitrogen and oxygen atoms in total. The van der Waals surface area contributed by atoms with E-state index in [2.05, 4.69) is 212 Å². The smallest absolute Gasteiger partial charge is 0.0715 e. The van der Waals surface area contributed by atoms with Gasteiger partial charge in [-0.05, 0) is 85.0 Å². The maximum atomic E-state index is 5.07. The molecule has 0 fully saturated rings. The van der Waals surface area contributed by atoms with Gasteiger partial charge in [-0.2, -0.15) is 0 Å². The molecule has 1 heteroatoms. The SMILES string of the molecule is c1ccc(-c2cc(-c3ccc(-c4ccc(-c5ccc6c(c5)C(c5ccccc5)(c5ccccc5)c5ccccc5-6)cc4)cc3)cc(-c3ccccc3)n2)cc1. The molecule has 0 N–H and O–H groups in total. The molecule has 0 bridgehead atoms. The van der Waals surface area contributed by atoms with Crippen molar-refractivity contribution in [2.24, 2.45) is 0 Å². The first kappa shape index (κ1) is 32.6. The summed E-state index contributed by atoms with van der Waals surface area (Å²) in [6.45, 7) is 0. The summed E-state index contributed by atoms with van der Waals surface area (Å²) >= 11 is 0. The van der Waals surface area contributed by atoms with E-state index in [4.69, 9.17) is 4.98 Å². The Morgan fingerprint density at radius 2 is 0.636 bits per heavy atom. The molecule has 0 unspecified atom stereocenters. The minimum atomic E-state index is -0.412. The van der Waals surface area contributed by atoms with Gasteiger partial charge in [-0.25, -0.2) is 4.98 Å². The van der Waals surface area contributed by atoms with E-state index in [1.807, 2.05) is 12.1 Å². The van der Waals surface area contributed by atoms with Crippen LogP contribution in [-0.2, 0) is 5.41 Å². The van der Waals surface area contributed by atoms with Gasteiger partial charge in [0.15, 0.2) is 0 Å². The van der Waals surface area contributed by atoms with Crippen molar-refractivity contribution in [3.8, 4) is 67.0 Å². The summed E-state index contributed by atoms with van der Waals surface area (Å²) in [5.74, 6) is 0. The fourth-order valence-corrected chi connectivity index (χ4v) is 8.55. The molecule has 1 heterocycles. The topological polar surface area (TPSA) is 12.9 Å². The second kappa shape index (κ2) is 13.7. The molecule has 0 spiro atoms. The van der Waals surface area contributed by atoms with Crippen molar-refractivity contribution in [3.63, 3.8) is 0 Å². The Labute approximate surface area is 322 Å². The summed E-state index contributed by atoms with van der Waals surface area (Å²) in [5, 5.41) is 0. The fourth-order valence-electron chi connectivity index (χ4n) is 8.55. The lowest BCUT2D eigenvalue weighted by atomic mass is 9.67. The maximum absolute atomic E-state index is 5.07. The van der Waals surface area contributed by atoms with Crippen molar-refractivity contribution < 1.29 is 0 Å². The van der Waals surface area contributed by atoms with E-state index < -0.39 is 5.41 Å². The Balaban J connectivity index is 1.00. The maximum Gasteiger partial charge on any atom is 0.0715 e. The lowest BCUT2D eigenvalue weighted by Crippen LogP contribution is -2.28. The van der Waals surface area contributed by atoms with E-state index in [9.17, 15) is 0 Å². The first-order valence-corrected chi connectivity index (χ1v) is 19.0. The van der Waals surface area contributed by atoms with Crippen LogP contribution in [0.1, 0.15) is 22.3 Å². The van der Waals surface area contributed by atoms with Crippen molar-refractivity contribution >= 4 is 0 Å². The summed E-state index contributed by atoms with van der Waals surface area (Å²) < 4.78 is 0. The van der Waals surface area contributed by atoms with Crippen LogP contribution in [0.15, 0.2) is 224 Å². The Hall–Kier alpha value is -7.09. The molecule has 0 amide bonds. The predicted octanol–water partition coefficient (Wildman–Crippen LogP) is 13.8. The summed E-state index contributed by atoms with van der Waals surface area (Å²) in [6.07, 6.45) is 0. The number of nitrogens with zero attached hydrogens (tertiary/aromatic N) is 1. The number of hydrogen-bond donors (Lipinski definition) is 0. The van der Waals surface area contributed by atoms with Crippen LogP contribution in [0.3, 0.4) is 0 Å². The van der Waals surface area contributed by atoms with E-state index in [0.717, 1.165) is 33.6 Å². The minimum absolute atomic E-state index is 0.412. The second-order valence-electron chi connectivity index (χ2n) is 14.3. The molecule has 0 saturated heterocycles. The molecule has 0 radical (unpaired) electrons. The standard InChI is InChI=1S/C54H37N/c1-5-15-42(16-6-1)52-36-45(37-53(55-52)43-17-7-2-8-18-43)41-31-27-39(28-32-41)38-25-29-40(30-26-38)44-33-34-49-48-23-13-14-24-50(48)54(51(49)35-44,46-19-9-3-10-20-46)47-21-11-4-12-22-47/h1-37H. The summed E-state index contributed by atoms with van der Waals surface area (Å²) in [4.78, 5) is 5.07. The first-order valence-electron chi connectivity index (χ1n) is 19.0. The Bertz CT molecular complexity index is 2660. The van der Waals surface area contributed by atoms with Gasteiger partial charge in [0, 0.05) is 11.1 Å². The summed E-state index contributed by atoms with van der Waals surface area (Å²) in [6, 6.07) is 81.2. The molecule has 0 aliphatic heterocycles. The largest absolute Gasteiger partial charge is 0.248 e. The average Bonchev–Trinajstić information content (AvgIpc) is 3.58. The van der Waals surface area contributed by atoms with Gasteiger partial charge in [-0.1, -0.05) is 206 Å². The molecule has 10 rings (SSSR count). The van der Waals surface area contributed by atoms with Crippen LogP contribution in [0.2, 0.25) is 0 Å². The third-order valence-electron chi connectivity index (χ3n) is 11.2. The Morgan fingerprint density at radius 1 is 0.255 bits per heavy atom. The number of rotatable bonds is 7. The molecule has 9 aromatic rings. The zero-order valence-electron chi connectivity index (χ0n) is 30.3. The first-order chi connectivity index (χ1) is 27.3. The zero-order chi connectivity index (χ0) is 36.6. The van der Waals surface area contributed by atoms with Gasteiger partial charge in [-0.15, -0.1) is 0 Å². The van der Waals surface area contributed by atoms with Crippen LogP contribution in [0.25, 0.3) is 67.0 Å². The average molecular weight is 700 g/mol. The van der Waals surface area contributed by atoms with Gasteiger partial charge < -0.3 is 0 Å². The highest BCUT2D eigenvalue weighted by Gasteiger charge is 2.46. The number of benzene rings is 8. The zero-order valence-corrected chi connectivity index (χ0v) is 30.3. The molecule has 1 aromatic heterocycles. The van der Waals surface area contributed by atoms with Gasteiger partial charge in [0.05, 0.1) is 16.8 Å². The quantitative estimate of drug-likeness (QED) is 0.161. The van der Waals surface area contributed by atoms with Crippen molar-refractivity contribution in [3.05, 3.63) is 247 Å². The van der Waals surface area contributed by atoms with Crippen molar-refractivity contribution in [1.82, 2.24) is 4.98 Å². The fraction of sp³-hybridized carbons (Fsp3) is 0.0185. The molecule has 0 saturated carbocycles. The van der Waals surface area contributed by atoms with Crippen molar-refractivity contribution in [1.29, 1.82) is 0 Å². The lowest BCUT2D eigenvalue weighted by molar-refractivity contribution is 0.769. The molecular weight excluding hydrogens is 663 g/mol. The second-order valence-corrected chi connectivity index (χ2v) is 14.3. The Morgan fingerprint density at radius 3 is 1.15 bits per heavy atom. The molecule has 55 heavy (non-hydrogen) atoms. The summed E-state index contributed by atoms with van der Waals surface area (Å²) in [7, 11) is 0. The molecule has 1 aliphatic carbocycles. The summed E-state index contributed by atoms with van der Waals surface area (Å²) in [5.41, 5.74) is 18.7. The van der Waals surface area contributed by atoms with Crippen LogP contribution in [0.4, 0.5) is 0 Å². The van der Waals surface area contributed by atoms with E-state index in [-0.39, 0.29) is 0 Å². The number of pyridine rings is 1. The van der Waals surface area contributed by atoms with Gasteiger partial charge in [0.1, 0.15) is 0 Å². The third-order valence-corrected chi connectivity index (χ3v) is 11.2. The van der Waals surface area contributed by atoms with Crippen LogP contribution in [0.5, 0.6) is 0 Å². The van der Waals surface area contributed by atoms with Crippen LogP contribution >= 0.6 is 0 Å². The molecule has 1 aliphatic rings. The Kier molecular flexibility index (Phi) is 8.12. The van der Waals surface area contributed by atoms with E-state index in [0.29, 0.717) is 0 Å². The van der Waals surface area contributed by atoms with E-state index in [1.165, 1.54) is 55.6 Å². The number of fused-ring (bicyclic) bond motifs is 3. The molecule has 8 aromatic carbocycles. The van der Waals surface area contributed by atoms with E-state index in [1.54, 1.807) is 0 Å². The van der Waals surface area contributed by atoms with Crippen LogP contribution < -0.4 is 0 Å². The predicted molar refractivity (Wildman–Crippen MR) is 229 cm³/mol.